The molecule has 0 rings (SSSR count). The fraction of sp³-hybridized carbons (Fsp3) is 0.846. The Kier molecular flexibility index (Phi) is 7.59. The number of rotatable bonds is 7. The summed E-state index contributed by atoms with van der Waals surface area (Å²) in [6.45, 7) is 9.05. The second-order valence-electron chi connectivity index (χ2n) is 5.63. The van der Waals surface area contributed by atoms with Gasteiger partial charge in [0.2, 0.25) is 11.8 Å². The predicted molar refractivity (Wildman–Crippen MR) is 73.0 cm³/mol. The molecule has 5 heteroatoms. The zero-order chi connectivity index (χ0) is 14.2. The van der Waals surface area contributed by atoms with Crippen molar-refractivity contribution in [1.29, 1.82) is 0 Å². The molecule has 0 aliphatic heterocycles. The van der Waals surface area contributed by atoms with Crippen molar-refractivity contribution in [3.05, 3.63) is 0 Å². The minimum Gasteiger partial charge on any atom is -0.356 e. The molecule has 0 spiro atoms. The number of nitrogens with one attached hydrogen (secondary N) is 2. The molecule has 0 aromatic carbocycles. The minimum atomic E-state index is -0.175. The smallest absolute Gasteiger partial charge is 0.221 e. The van der Waals surface area contributed by atoms with Gasteiger partial charge < -0.3 is 16.4 Å². The largest absolute Gasteiger partial charge is 0.356 e. The van der Waals surface area contributed by atoms with Crippen LogP contribution < -0.4 is 16.4 Å². The molecule has 0 radical (unpaired) electrons. The van der Waals surface area contributed by atoms with Crippen LogP contribution in [0.1, 0.15) is 47.0 Å². The molecule has 0 fully saturated rings. The summed E-state index contributed by atoms with van der Waals surface area (Å²) in [6, 6.07) is -0.175. The van der Waals surface area contributed by atoms with Gasteiger partial charge >= 0.3 is 0 Å². The van der Waals surface area contributed by atoms with Crippen molar-refractivity contribution in [3.63, 3.8) is 0 Å². The van der Waals surface area contributed by atoms with Gasteiger partial charge in [-0.15, -0.1) is 0 Å². The minimum absolute atomic E-state index is 0.0303. The quantitative estimate of drug-likeness (QED) is 0.630. The SMILES string of the molecule is CCCNC(=O)CCNC(=O)CC(N)C(C)(C)C. The molecule has 1 unspecified atom stereocenters. The lowest BCUT2D eigenvalue weighted by Gasteiger charge is -2.26. The van der Waals surface area contributed by atoms with E-state index in [-0.39, 0.29) is 23.3 Å². The Bertz CT molecular complexity index is 272. The molecule has 106 valence electrons. The van der Waals surface area contributed by atoms with Crippen molar-refractivity contribution in [1.82, 2.24) is 10.6 Å². The average molecular weight is 257 g/mol. The maximum absolute atomic E-state index is 11.6. The van der Waals surface area contributed by atoms with Gasteiger partial charge in [-0.3, -0.25) is 9.59 Å². The van der Waals surface area contributed by atoms with Crippen LogP contribution in [0.2, 0.25) is 0 Å². The van der Waals surface area contributed by atoms with Gasteiger partial charge in [-0.25, -0.2) is 0 Å². The summed E-state index contributed by atoms with van der Waals surface area (Å²) >= 11 is 0. The standard InChI is InChI=1S/C13H27N3O2/c1-5-7-15-11(17)6-8-16-12(18)9-10(14)13(2,3)4/h10H,5-9,14H2,1-4H3,(H,15,17)(H,16,18). The van der Waals surface area contributed by atoms with Crippen LogP contribution in [-0.2, 0) is 9.59 Å². The average Bonchev–Trinajstić information content (AvgIpc) is 2.24. The van der Waals surface area contributed by atoms with Crippen molar-refractivity contribution < 1.29 is 9.59 Å². The maximum Gasteiger partial charge on any atom is 0.221 e. The molecular formula is C13H27N3O2. The molecule has 0 bridgehead atoms. The summed E-state index contributed by atoms with van der Waals surface area (Å²) in [4.78, 5) is 22.9. The lowest BCUT2D eigenvalue weighted by Crippen LogP contribution is -2.40. The first-order valence-corrected chi connectivity index (χ1v) is 6.56. The Balaban J connectivity index is 3.75. The number of hydrogen-bond acceptors (Lipinski definition) is 3. The fourth-order valence-corrected chi connectivity index (χ4v) is 1.25. The van der Waals surface area contributed by atoms with Crippen LogP contribution in [0.5, 0.6) is 0 Å². The second-order valence-corrected chi connectivity index (χ2v) is 5.63. The highest BCUT2D eigenvalue weighted by atomic mass is 16.2. The van der Waals surface area contributed by atoms with Gasteiger partial charge in [0.25, 0.3) is 0 Å². The number of hydrogen-bond donors (Lipinski definition) is 3. The van der Waals surface area contributed by atoms with E-state index < -0.39 is 0 Å². The van der Waals surface area contributed by atoms with Gasteiger partial charge in [-0.2, -0.15) is 0 Å². The third-order valence-electron chi connectivity index (χ3n) is 2.76. The fourth-order valence-electron chi connectivity index (χ4n) is 1.25. The van der Waals surface area contributed by atoms with E-state index in [9.17, 15) is 9.59 Å². The number of nitrogens with two attached hydrogens (primary N) is 1. The summed E-state index contributed by atoms with van der Waals surface area (Å²) in [5.41, 5.74) is 5.82. The molecule has 0 heterocycles. The van der Waals surface area contributed by atoms with Gasteiger partial charge in [-0.05, 0) is 11.8 Å². The lowest BCUT2D eigenvalue weighted by molar-refractivity contribution is -0.122. The highest BCUT2D eigenvalue weighted by Gasteiger charge is 2.22. The van der Waals surface area contributed by atoms with Gasteiger partial charge in [-0.1, -0.05) is 27.7 Å². The molecule has 2 amide bonds. The van der Waals surface area contributed by atoms with E-state index in [0.29, 0.717) is 25.9 Å². The highest BCUT2D eigenvalue weighted by Crippen LogP contribution is 2.19. The van der Waals surface area contributed by atoms with Crippen molar-refractivity contribution in [2.24, 2.45) is 11.1 Å². The van der Waals surface area contributed by atoms with Crippen LogP contribution in [0.4, 0.5) is 0 Å². The predicted octanol–water partition coefficient (Wildman–Crippen LogP) is 0.782. The molecule has 5 nitrogen and oxygen atoms in total. The molecule has 0 aromatic rings. The second kappa shape index (κ2) is 8.08. The normalized spacial score (nSPS) is 12.9. The highest BCUT2D eigenvalue weighted by molar-refractivity contribution is 5.79. The van der Waals surface area contributed by atoms with Crippen molar-refractivity contribution >= 4 is 11.8 Å². The van der Waals surface area contributed by atoms with Crippen LogP contribution >= 0.6 is 0 Å². The van der Waals surface area contributed by atoms with Gasteiger partial charge in [0.05, 0.1) is 0 Å². The first kappa shape index (κ1) is 16.9. The van der Waals surface area contributed by atoms with Gasteiger partial charge in [0.1, 0.15) is 0 Å². The Morgan fingerprint density at radius 2 is 1.67 bits per heavy atom. The van der Waals surface area contributed by atoms with Crippen LogP contribution in [0.3, 0.4) is 0 Å². The molecule has 1 atom stereocenters. The third kappa shape index (κ3) is 8.06. The molecule has 0 saturated carbocycles. The molecular weight excluding hydrogens is 230 g/mol. The summed E-state index contributed by atoms with van der Waals surface area (Å²) in [5, 5.41) is 5.47. The molecule has 0 aliphatic rings. The molecule has 18 heavy (non-hydrogen) atoms. The molecule has 4 N–H and O–H groups in total. The number of amides is 2. The van der Waals surface area contributed by atoms with E-state index in [2.05, 4.69) is 10.6 Å². The topological polar surface area (TPSA) is 84.2 Å². The van der Waals surface area contributed by atoms with Crippen LogP contribution in [0, 0.1) is 5.41 Å². The van der Waals surface area contributed by atoms with Crippen LogP contribution in [0.25, 0.3) is 0 Å². The Morgan fingerprint density at radius 1 is 1.11 bits per heavy atom. The summed E-state index contributed by atoms with van der Waals surface area (Å²) in [7, 11) is 0. The Labute approximate surface area is 110 Å². The number of carbonyl (C=O) groups is 2. The first-order chi connectivity index (χ1) is 8.27. The van der Waals surface area contributed by atoms with Crippen molar-refractivity contribution in [3.8, 4) is 0 Å². The van der Waals surface area contributed by atoms with Crippen LogP contribution in [-0.4, -0.2) is 30.9 Å². The molecule has 0 aliphatic carbocycles. The summed E-state index contributed by atoms with van der Waals surface area (Å²) in [6.07, 6.45) is 1.52. The maximum atomic E-state index is 11.6. The third-order valence-corrected chi connectivity index (χ3v) is 2.76. The van der Waals surface area contributed by atoms with E-state index in [4.69, 9.17) is 5.73 Å². The van der Waals surface area contributed by atoms with Crippen LogP contribution in [0.15, 0.2) is 0 Å². The monoisotopic (exact) mass is 257 g/mol. The van der Waals surface area contributed by atoms with E-state index in [0.717, 1.165) is 6.42 Å². The zero-order valence-electron chi connectivity index (χ0n) is 12.0. The van der Waals surface area contributed by atoms with E-state index in [1.807, 2.05) is 27.7 Å². The van der Waals surface area contributed by atoms with Crippen molar-refractivity contribution in [2.45, 2.75) is 53.0 Å². The Hall–Kier alpha value is -1.10. The van der Waals surface area contributed by atoms with Crippen molar-refractivity contribution in [2.75, 3.05) is 13.1 Å². The summed E-state index contributed by atoms with van der Waals surface area (Å²) < 4.78 is 0. The van der Waals surface area contributed by atoms with Gasteiger partial charge in [0, 0.05) is 32.0 Å². The molecule has 0 saturated heterocycles. The molecule has 0 aromatic heterocycles. The lowest BCUT2D eigenvalue weighted by atomic mass is 9.85. The number of carbonyl (C=O) groups excluding carboxylic acids is 2. The van der Waals surface area contributed by atoms with E-state index >= 15 is 0 Å². The van der Waals surface area contributed by atoms with E-state index in [1.165, 1.54) is 0 Å². The first-order valence-electron chi connectivity index (χ1n) is 6.56. The Morgan fingerprint density at radius 3 is 2.17 bits per heavy atom. The van der Waals surface area contributed by atoms with E-state index in [1.54, 1.807) is 0 Å². The zero-order valence-corrected chi connectivity index (χ0v) is 12.0. The summed E-state index contributed by atoms with van der Waals surface area (Å²) in [5.74, 6) is -0.127. The van der Waals surface area contributed by atoms with Gasteiger partial charge in [0.15, 0.2) is 0 Å².